The molecule has 0 aliphatic carbocycles. The summed E-state index contributed by atoms with van der Waals surface area (Å²) in [4.78, 5) is 0. The maximum Gasteiger partial charge on any atom is 0.123 e. The van der Waals surface area contributed by atoms with Crippen LogP contribution in [-0.2, 0) is 0 Å². The summed E-state index contributed by atoms with van der Waals surface area (Å²) < 4.78 is 1.01. The van der Waals surface area contributed by atoms with Crippen molar-refractivity contribution in [3.05, 3.63) is 11.6 Å². The van der Waals surface area contributed by atoms with E-state index >= 15 is 0 Å². The molecule has 0 unspecified atom stereocenters. The van der Waals surface area contributed by atoms with Crippen LogP contribution in [0.4, 0.5) is 0 Å². The summed E-state index contributed by atoms with van der Waals surface area (Å²) >= 11 is 2.19. The van der Waals surface area contributed by atoms with Crippen LogP contribution in [-0.4, -0.2) is 10.8 Å². The van der Waals surface area contributed by atoms with Crippen LogP contribution in [0.5, 0.6) is 0 Å². The first-order valence-corrected chi connectivity index (χ1v) is 3.83. The number of rotatable bonds is 2. The van der Waals surface area contributed by atoms with Gasteiger partial charge < -0.3 is 5.43 Å². The lowest BCUT2D eigenvalue weighted by molar-refractivity contribution is 0.906. The van der Waals surface area contributed by atoms with Gasteiger partial charge >= 0.3 is 0 Å². The quantitative estimate of drug-likeness (QED) is 0.443. The Kier molecular flexibility index (Phi) is 4.75. The lowest BCUT2D eigenvalue weighted by Gasteiger charge is -1.94. The van der Waals surface area contributed by atoms with Crippen LogP contribution in [0.25, 0.3) is 0 Å². The van der Waals surface area contributed by atoms with Crippen LogP contribution < -0.4 is 5.43 Å². The van der Waals surface area contributed by atoms with Crippen molar-refractivity contribution in [1.29, 1.82) is 0 Å². The highest BCUT2D eigenvalue weighted by Gasteiger charge is 1.91. The summed E-state index contributed by atoms with van der Waals surface area (Å²) in [5, 5.41) is 3.98. The fourth-order valence-corrected chi connectivity index (χ4v) is 0.858. The normalized spacial score (nSPS) is 13.8. The van der Waals surface area contributed by atoms with E-state index in [1.54, 1.807) is 7.05 Å². The van der Waals surface area contributed by atoms with Gasteiger partial charge in [-0.15, -0.1) is 0 Å². The largest absolute Gasteiger partial charge is 0.312 e. The van der Waals surface area contributed by atoms with Crippen molar-refractivity contribution in [3.8, 4) is 0 Å². The van der Waals surface area contributed by atoms with Gasteiger partial charge in [0.05, 0.1) is 0 Å². The van der Waals surface area contributed by atoms with Crippen molar-refractivity contribution < 1.29 is 0 Å². The first kappa shape index (κ1) is 8.94. The number of nitrogens with zero attached hydrogens (tertiary/aromatic N) is 1. The van der Waals surface area contributed by atoms with Crippen molar-refractivity contribution in [1.82, 2.24) is 5.43 Å². The maximum absolute atomic E-state index is 3.98. The van der Waals surface area contributed by atoms with Crippen molar-refractivity contribution in [2.24, 2.45) is 5.10 Å². The molecule has 0 spiro atoms. The zero-order valence-corrected chi connectivity index (χ0v) is 8.06. The molecule has 0 atom stereocenters. The van der Waals surface area contributed by atoms with Crippen molar-refractivity contribution in [2.75, 3.05) is 7.05 Å². The van der Waals surface area contributed by atoms with Gasteiger partial charge in [0.25, 0.3) is 0 Å². The van der Waals surface area contributed by atoms with Crippen molar-refractivity contribution in [2.45, 2.75) is 13.8 Å². The minimum Gasteiger partial charge on any atom is -0.312 e. The molecular weight excluding hydrogens is 227 g/mol. The Hall–Kier alpha value is -0.0600. The van der Waals surface area contributed by atoms with E-state index in [1.807, 2.05) is 19.9 Å². The van der Waals surface area contributed by atoms with E-state index < -0.39 is 0 Å². The minimum atomic E-state index is 1.01. The second kappa shape index (κ2) is 4.78. The molecule has 0 amide bonds. The zero-order valence-electron chi connectivity index (χ0n) is 5.90. The molecule has 0 aromatic carbocycles. The Bertz CT molecular complexity index is 138. The van der Waals surface area contributed by atoms with Crippen LogP contribution in [0.15, 0.2) is 16.8 Å². The third-order valence-electron chi connectivity index (χ3n) is 0.968. The van der Waals surface area contributed by atoms with E-state index in [-0.39, 0.29) is 0 Å². The number of halogens is 1. The van der Waals surface area contributed by atoms with Crippen molar-refractivity contribution in [3.63, 3.8) is 0 Å². The van der Waals surface area contributed by atoms with Crippen LogP contribution >= 0.6 is 22.6 Å². The van der Waals surface area contributed by atoms with Gasteiger partial charge in [-0.2, -0.15) is 5.10 Å². The summed E-state index contributed by atoms with van der Waals surface area (Å²) in [6, 6.07) is 0. The second-order valence-corrected chi connectivity index (χ2v) is 2.62. The van der Waals surface area contributed by atoms with Gasteiger partial charge in [0.15, 0.2) is 0 Å². The summed E-state index contributed by atoms with van der Waals surface area (Å²) in [6.45, 7) is 4.03. The minimum absolute atomic E-state index is 1.01. The number of nitrogens with one attached hydrogen (secondary N) is 1. The van der Waals surface area contributed by atoms with Crippen LogP contribution in [0.2, 0.25) is 0 Å². The third kappa shape index (κ3) is 3.51. The summed E-state index contributed by atoms with van der Waals surface area (Å²) in [5.74, 6) is 0. The topological polar surface area (TPSA) is 24.4 Å². The maximum atomic E-state index is 3.98. The first-order chi connectivity index (χ1) is 4.22. The lowest BCUT2D eigenvalue weighted by atomic mass is 10.3. The molecule has 0 aromatic rings. The fraction of sp³-hybridized carbons (Fsp3) is 0.500. The molecule has 0 aromatic heterocycles. The van der Waals surface area contributed by atoms with Crippen molar-refractivity contribution >= 4 is 26.3 Å². The van der Waals surface area contributed by atoms with E-state index in [0.29, 0.717) is 0 Å². The molecule has 0 fully saturated rings. The van der Waals surface area contributed by atoms with E-state index in [0.717, 1.165) is 3.72 Å². The molecule has 0 rings (SSSR count). The molecule has 2 nitrogen and oxygen atoms in total. The number of allylic oxidation sites excluding steroid dienone is 2. The van der Waals surface area contributed by atoms with E-state index in [9.17, 15) is 0 Å². The Labute approximate surface area is 69.6 Å². The highest BCUT2D eigenvalue weighted by Crippen LogP contribution is 2.02. The Morgan fingerprint density at radius 2 is 2.22 bits per heavy atom. The van der Waals surface area contributed by atoms with Gasteiger partial charge in [0, 0.05) is 7.05 Å². The highest BCUT2D eigenvalue weighted by atomic mass is 127. The Balaban J connectivity index is 4.03. The average Bonchev–Trinajstić information content (AvgIpc) is 1.87. The third-order valence-corrected chi connectivity index (χ3v) is 2.06. The smallest absolute Gasteiger partial charge is 0.123 e. The molecule has 1 N–H and O–H groups in total. The molecule has 0 saturated heterocycles. The fourth-order valence-electron chi connectivity index (χ4n) is 0.305. The van der Waals surface area contributed by atoms with Gasteiger partial charge in [-0.1, -0.05) is 6.08 Å². The van der Waals surface area contributed by atoms with E-state index in [2.05, 4.69) is 33.1 Å². The Morgan fingerprint density at radius 1 is 1.67 bits per heavy atom. The molecule has 0 saturated carbocycles. The number of hydrogen-bond donors (Lipinski definition) is 1. The molecule has 0 bridgehead atoms. The van der Waals surface area contributed by atoms with Gasteiger partial charge in [0.1, 0.15) is 3.72 Å². The molecular formula is C6H11IN2. The molecule has 0 aliphatic heterocycles. The second-order valence-electron chi connectivity index (χ2n) is 1.60. The lowest BCUT2D eigenvalue weighted by Crippen LogP contribution is -1.99. The average molecular weight is 238 g/mol. The van der Waals surface area contributed by atoms with E-state index in [4.69, 9.17) is 0 Å². The van der Waals surface area contributed by atoms with Crippen LogP contribution in [0.1, 0.15) is 13.8 Å². The predicted molar refractivity (Wildman–Crippen MR) is 49.9 cm³/mol. The molecule has 3 heteroatoms. The van der Waals surface area contributed by atoms with Crippen LogP contribution in [0.3, 0.4) is 0 Å². The monoisotopic (exact) mass is 238 g/mol. The van der Waals surface area contributed by atoms with Crippen LogP contribution in [0, 0.1) is 0 Å². The summed E-state index contributed by atoms with van der Waals surface area (Å²) in [5.41, 5.74) is 3.92. The molecule has 52 valence electrons. The van der Waals surface area contributed by atoms with Gasteiger partial charge in [-0.3, -0.25) is 0 Å². The predicted octanol–water partition coefficient (Wildman–Crippen LogP) is 1.92. The van der Waals surface area contributed by atoms with E-state index in [1.165, 1.54) is 5.57 Å². The highest BCUT2D eigenvalue weighted by molar-refractivity contribution is 14.1. The molecule has 0 radical (unpaired) electrons. The number of hydrazone groups is 1. The molecule has 9 heavy (non-hydrogen) atoms. The SMILES string of the molecule is C/C=C(C)\C(I)=N/NC. The van der Waals surface area contributed by atoms with Gasteiger partial charge in [-0.25, -0.2) is 0 Å². The van der Waals surface area contributed by atoms with Gasteiger partial charge in [-0.05, 0) is 42.0 Å². The molecule has 0 aliphatic rings. The molecule has 0 heterocycles. The number of hydrogen-bond acceptors (Lipinski definition) is 2. The standard InChI is InChI=1S/C6H11IN2/c1-4-5(2)6(7)9-8-3/h4,8H,1-3H3/b5-4-,9-6+. The Morgan fingerprint density at radius 3 is 2.56 bits per heavy atom. The summed E-state index contributed by atoms with van der Waals surface area (Å²) in [7, 11) is 1.79. The zero-order chi connectivity index (χ0) is 7.28. The summed E-state index contributed by atoms with van der Waals surface area (Å²) in [6.07, 6.45) is 2.03. The van der Waals surface area contributed by atoms with Gasteiger partial charge in [0.2, 0.25) is 0 Å². The first-order valence-electron chi connectivity index (χ1n) is 2.75.